The first-order valence-electron chi connectivity index (χ1n) is 26.5. The molecule has 0 fully saturated rings. The molecule has 10 rings (SSSR count). The Kier molecular flexibility index (Phi) is 16.5. The smallest absolute Gasteiger partial charge is 0.330 e. The average molecular weight is 1100 g/mol. The number of methoxy groups -OCH3 is 2. The van der Waals surface area contributed by atoms with Gasteiger partial charge in [-0.05, 0) is 90.1 Å². The summed E-state index contributed by atoms with van der Waals surface area (Å²) < 4.78 is 45.9. The minimum Gasteiger partial charge on any atom is -0.496 e. The van der Waals surface area contributed by atoms with Gasteiger partial charge in [0.25, 0.3) is 0 Å². The summed E-state index contributed by atoms with van der Waals surface area (Å²) in [6.07, 6.45) is 6.57. The lowest BCUT2D eigenvalue weighted by Gasteiger charge is -2.15. The van der Waals surface area contributed by atoms with E-state index >= 15 is 0 Å². The molecule has 2 atom stereocenters. The lowest BCUT2D eigenvalue weighted by molar-refractivity contribution is -0.122. The van der Waals surface area contributed by atoms with Crippen LogP contribution in [0, 0.1) is 27.7 Å². The maximum absolute atomic E-state index is 14.4. The van der Waals surface area contributed by atoms with Crippen molar-refractivity contribution in [1.29, 1.82) is 0 Å². The number of carbonyl (C=O) groups excluding carboxylic acids is 2. The molecule has 8 aromatic heterocycles. The van der Waals surface area contributed by atoms with E-state index in [1.54, 1.807) is 48.1 Å². The zero-order valence-corrected chi connectivity index (χ0v) is 46.3. The number of hydrogen-bond acceptors (Lipinski definition) is 17. The fourth-order valence-corrected chi connectivity index (χ4v) is 10.4. The molecule has 0 saturated heterocycles. The van der Waals surface area contributed by atoms with E-state index in [0.717, 1.165) is 22.3 Å². The number of ether oxygens (including phenoxy) is 5. The van der Waals surface area contributed by atoms with Crippen LogP contribution in [-0.2, 0) is 36.9 Å². The minimum absolute atomic E-state index is 0.199. The third kappa shape index (κ3) is 11.0. The maximum atomic E-state index is 14.4. The summed E-state index contributed by atoms with van der Waals surface area (Å²) in [6.45, 7) is 12.6. The number of carbonyl (C=O) groups is 2. The van der Waals surface area contributed by atoms with E-state index in [4.69, 9.17) is 42.7 Å². The van der Waals surface area contributed by atoms with Crippen LogP contribution in [0.5, 0.6) is 11.5 Å². The largest absolute Gasteiger partial charge is 0.496 e. The summed E-state index contributed by atoms with van der Waals surface area (Å²) in [5.41, 5.74) is 8.38. The lowest BCUT2D eigenvalue weighted by Crippen LogP contribution is -2.35. The molecule has 2 amide bonds. The van der Waals surface area contributed by atoms with Gasteiger partial charge in [-0.1, -0.05) is 22.4 Å². The van der Waals surface area contributed by atoms with Gasteiger partial charge in [0.2, 0.25) is 11.8 Å². The first kappa shape index (κ1) is 55.3. The molecular weight excluding hydrogens is 1040 g/mol. The van der Waals surface area contributed by atoms with E-state index in [0.29, 0.717) is 89.7 Å². The van der Waals surface area contributed by atoms with E-state index < -0.39 is 23.5 Å². The zero-order chi connectivity index (χ0) is 56.9. The van der Waals surface area contributed by atoms with Crippen molar-refractivity contribution in [3.05, 3.63) is 141 Å². The topological polar surface area (TPSA) is 262 Å². The molecule has 23 heteroatoms. The minimum atomic E-state index is -0.496. The highest BCUT2D eigenvalue weighted by molar-refractivity contribution is 6.06. The van der Waals surface area contributed by atoms with Crippen LogP contribution >= 0.6 is 0 Å². The molecule has 0 bridgehead atoms. The number of amides is 2. The highest BCUT2D eigenvalue weighted by Gasteiger charge is 2.28. The number of nitrogens with one attached hydrogen (secondary N) is 2. The zero-order valence-electron chi connectivity index (χ0n) is 46.3. The van der Waals surface area contributed by atoms with E-state index in [1.165, 1.54) is 9.13 Å². The van der Waals surface area contributed by atoms with Gasteiger partial charge < -0.3 is 43.4 Å². The first-order valence-corrected chi connectivity index (χ1v) is 26.5. The van der Waals surface area contributed by atoms with E-state index in [1.807, 2.05) is 102 Å². The Balaban J connectivity index is 0.697. The van der Waals surface area contributed by atoms with Crippen molar-refractivity contribution in [2.45, 2.75) is 66.7 Å². The molecule has 0 saturated carbocycles. The number of pyridine rings is 4. The molecule has 2 N–H and O–H groups in total. The van der Waals surface area contributed by atoms with Crippen LogP contribution in [0.3, 0.4) is 0 Å². The molecule has 8 heterocycles. The maximum Gasteiger partial charge on any atom is 0.330 e. The van der Waals surface area contributed by atoms with E-state index in [9.17, 15) is 19.2 Å². The van der Waals surface area contributed by atoms with E-state index in [-0.39, 0.29) is 77.6 Å². The van der Waals surface area contributed by atoms with Crippen LogP contribution < -0.4 is 31.5 Å². The Morgan fingerprint density at radius 3 is 1.33 bits per heavy atom. The third-order valence-electron chi connectivity index (χ3n) is 14.3. The van der Waals surface area contributed by atoms with Crippen LogP contribution in [0.1, 0.15) is 60.2 Å². The molecule has 10 aromatic rings. The molecule has 81 heavy (non-hydrogen) atoms. The van der Waals surface area contributed by atoms with Gasteiger partial charge in [-0.2, -0.15) is 0 Å². The predicted molar refractivity (Wildman–Crippen MR) is 301 cm³/mol. The SMILES string of the molecule is COc1cc2c(cc1-c1c(C)noc1C)ncc1c2n([C@H](C)c2ccccn2)c(=O)n1CC(=O)NCCOCCOCCOCCNC(=O)Cn1c(=O)n([C@H](C)c2ccccn2)c2c3cc(OC)c(-c4c(C)noc4C)cc3ncc21. The first-order chi connectivity index (χ1) is 39.3. The number of rotatable bonds is 24. The molecule has 0 aliphatic rings. The summed E-state index contributed by atoms with van der Waals surface area (Å²) in [4.78, 5) is 74.2. The van der Waals surface area contributed by atoms with Gasteiger partial charge in [0.1, 0.15) is 36.1 Å². The van der Waals surface area contributed by atoms with Crippen molar-refractivity contribution in [3.8, 4) is 33.8 Å². The molecule has 2 aromatic carbocycles. The fourth-order valence-electron chi connectivity index (χ4n) is 10.4. The molecule has 0 spiro atoms. The Bertz CT molecular complexity index is 3750. The van der Waals surface area contributed by atoms with Crippen LogP contribution in [0.15, 0.2) is 104 Å². The van der Waals surface area contributed by atoms with Crippen LogP contribution in [0.2, 0.25) is 0 Å². The van der Waals surface area contributed by atoms with E-state index in [2.05, 4.69) is 30.9 Å². The highest BCUT2D eigenvalue weighted by Crippen LogP contribution is 2.41. The Morgan fingerprint density at radius 1 is 0.568 bits per heavy atom. The van der Waals surface area contributed by atoms with Crippen LogP contribution in [0.25, 0.3) is 66.1 Å². The Labute approximate surface area is 463 Å². The van der Waals surface area contributed by atoms with Gasteiger partial charge in [-0.3, -0.25) is 47.8 Å². The number of aryl methyl sites for hydroxylation is 4. The number of aromatic nitrogens is 10. The quantitative estimate of drug-likeness (QED) is 0.0606. The summed E-state index contributed by atoms with van der Waals surface area (Å²) in [7, 11) is 3.16. The van der Waals surface area contributed by atoms with Gasteiger partial charge >= 0.3 is 11.4 Å². The van der Waals surface area contributed by atoms with Crippen molar-refractivity contribution in [3.63, 3.8) is 0 Å². The molecule has 420 valence electrons. The molecule has 0 aliphatic carbocycles. The fraction of sp³-hybridized carbons (Fsp3) is 0.345. The highest BCUT2D eigenvalue weighted by atomic mass is 16.5. The van der Waals surface area contributed by atoms with Crippen molar-refractivity contribution in [1.82, 2.24) is 59.2 Å². The predicted octanol–water partition coefficient (Wildman–Crippen LogP) is 6.57. The van der Waals surface area contributed by atoms with Gasteiger partial charge in [0.15, 0.2) is 0 Å². The molecule has 23 nitrogen and oxygen atoms in total. The van der Waals surface area contributed by atoms with Gasteiger partial charge in [-0.15, -0.1) is 0 Å². The van der Waals surface area contributed by atoms with Crippen molar-refractivity contribution in [2.75, 3.05) is 67.0 Å². The van der Waals surface area contributed by atoms with Gasteiger partial charge in [-0.25, -0.2) is 9.59 Å². The second kappa shape index (κ2) is 24.1. The summed E-state index contributed by atoms with van der Waals surface area (Å²) in [5, 5.41) is 15.3. The molecule has 0 unspecified atom stereocenters. The number of benzene rings is 2. The molecular formula is C58H62N12O11. The van der Waals surface area contributed by atoms with Crippen LogP contribution in [-0.4, -0.2) is 127 Å². The molecule has 0 radical (unpaired) electrons. The van der Waals surface area contributed by atoms with Gasteiger partial charge in [0.05, 0.1) is 145 Å². The summed E-state index contributed by atoms with van der Waals surface area (Å²) in [5.74, 6) is 1.58. The van der Waals surface area contributed by atoms with Crippen molar-refractivity contribution >= 4 is 55.7 Å². The summed E-state index contributed by atoms with van der Waals surface area (Å²) >= 11 is 0. The van der Waals surface area contributed by atoms with Gasteiger partial charge in [0, 0.05) is 47.4 Å². The second-order valence-electron chi connectivity index (χ2n) is 19.4. The number of nitrogens with zero attached hydrogens (tertiary/aromatic N) is 10. The van der Waals surface area contributed by atoms with Crippen molar-refractivity contribution < 1.29 is 42.3 Å². The summed E-state index contributed by atoms with van der Waals surface area (Å²) in [6, 6.07) is 17.6. The normalized spacial score (nSPS) is 12.4. The Hall–Kier alpha value is -9.06. The number of hydrogen-bond donors (Lipinski definition) is 2. The number of fused-ring (bicyclic) bond motifs is 6. The van der Waals surface area contributed by atoms with Crippen LogP contribution in [0.4, 0.5) is 0 Å². The third-order valence-corrected chi connectivity index (χ3v) is 14.3. The Morgan fingerprint density at radius 2 is 0.975 bits per heavy atom. The standard InChI is InChI=1S/C58H62N12O11/c1-33-53(37(5)80-65-33)41-25-45-39(27-49(41)75-7)55-47(29-63-45)67(57(73)69(55)35(3)43-13-9-11-15-59-43)31-51(71)61-17-19-77-21-23-79-24-22-78-20-18-62-52(72)32-68-48-30-64-46-26-42(54-34(2)66-81-38(54)6)50(76-8)28-40(46)56(48)70(58(68)74)36(4)44-14-10-12-16-60-44/h9-16,25-30,35-36H,17-24,31-32H2,1-8H3,(H,61,71)(H,62,72)/t35-,36-/m1/s1. The second-order valence-corrected chi connectivity index (χ2v) is 19.4. The number of imidazole rings is 2. The van der Waals surface area contributed by atoms with Crippen molar-refractivity contribution in [2.24, 2.45) is 0 Å². The average Bonchev–Trinajstić information content (AvgIpc) is 4.22. The lowest BCUT2D eigenvalue weighted by atomic mass is 10.00. The molecule has 0 aliphatic heterocycles. The monoisotopic (exact) mass is 1100 g/mol.